The summed E-state index contributed by atoms with van der Waals surface area (Å²) in [4.78, 5) is 8.21. The van der Waals surface area contributed by atoms with E-state index >= 15 is 0 Å². The summed E-state index contributed by atoms with van der Waals surface area (Å²) in [5.74, 6) is 0.742. The first kappa shape index (κ1) is 12.0. The van der Waals surface area contributed by atoms with Gasteiger partial charge in [0.15, 0.2) is 0 Å². The quantitative estimate of drug-likeness (QED) is 0.665. The van der Waals surface area contributed by atoms with Gasteiger partial charge in [-0.05, 0) is 12.5 Å². The number of rotatable bonds is 8. The maximum absolute atomic E-state index is 4.10. The van der Waals surface area contributed by atoms with E-state index in [1.54, 1.807) is 12.4 Å². The summed E-state index contributed by atoms with van der Waals surface area (Å²) in [5, 5.41) is 3.21. The Labute approximate surface area is 92.3 Å². The van der Waals surface area contributed by atoms with Crippen molar-refractivity contribution in [2.45, 2.75) is 45.4 Å². The fourth-order valence-corrected chi connectivity index (χ4v) is 1.50. The first-order chi connectivity index (χ1) is 7.43. The van der Waals surface area contributed by atoms with E-state index in [9.17, 15) is 0 Å². The molecule has 0 bridgehead atoms. The van der Waals surface area contributed by atoms with Crippen LogP contribution >= 0.6 is 0 Å². The molecule has 0 aliphatic rings. The van der Waals surface area contributed by atoms with Crippen molar-refractivity contribution in [2.24, 2.45) is 0 Å². The summed E-state index contributed by atoms with van der Waals surface area (Å²) in [7, 11) is 0. The van der Waals surface area contributed by atoms with Crippen molar-refractivity contribution in [3.63, 3.8) is 0 Å². The fraction of sp³-hybridized carbons (Fsp3) is 0.667. The van der Waals surface area contributed by atoms with Crippen molar-refractivity contribution in [1.29, 1.82) is 0 Å². The summed E-state index contributed by atoms with van der Waals surface area (Å²) in [5.41, 5.74) is 0. The Balaban J connectivity index is 1.93. The standard InChI is InChI=1S/C12H21N3/c1-2-3-4-5-6-7-9-13-12-14-10-8-11-15-12/h8,10-11H,2-7,9H2,1H3,(H,13,14,15). The zero-order valence-corrected chi connectivity index (χ0v) is 9.58. The number of aromatic nitrogens is 2. The van der Waals surface area contributed by atoms with Gasteiger partial charge in [-0.15, -0.1) is 0 Å². The van der Waals surface area contributed by atoms with E-state index in [2.05, 4.69) is 22.2 Å². The van der Waals surface area contributed by atoms with Crippen LogP contribution in [0.1, 0.15) is 45.4 Å². The minimum Gasteiger partial charge on any atom is -0.354 e. The van der Waals surface area contributed by atoms with Gasteiger partial charge in [0.25, 0.3) is 0 Å². The van der Waals surface area contributed by atoms with E-state index in [0.717, 1.165) is 12.5 Å². The zero-order chi connectivity index (χ0) is 10.8. The second-order valence-electron chi connectivity index (χ2n) is 3.77. The molecule has 0 fully saturated rings. The largest absolute Gasteiger partial charge is 0.354 e. The third kappa shape index (κ3) is 6.05. The Morgan fingerprint density at radius 2 is 1.67 bits per heavy atom. The Morgan fingerprint density at radius 3 is 2.40 bits per heavy atom. The highest BCUT2D eigenvalue weighted by Crippen LogP contribution is 2.05. The predicted octanol–water partition coefficient (Wildman–Crippen LogP) is 3.25. The first-order valence-corrected chi connectivity index (χ1v) is 5.94. The normalized spacial score (nSPS) is 10.2. The molecule has 0 radical (unpaired) electrons. The summed E-state index contributed by atoms with van der Waals surface area (Å²) in [6, 6.07) is 1.83. The SMILES string of the molecule is CCCCCCCCNc1ncccn1. The molecule has 0 aliphatic heterocycles. The molecule has 1 heterocycles. The smallest absolute Gasteiger partial charge is 0.222 e. The molecule has 0 spiro atoms. The lowest BCUT2D eigenvalue weighted by atomic mass is 10.1. The molecule has 0 saturated heterocycles. The molecular weight excluding hydrogens is 186 g/mol. The number of nitrogens with zero attached hydrogens (tertiary/aromatic N) is 2. The molecule has 3 heteroatoms. The van der Waals surface area contributed by atoms with Crippen LogP contribution in [0.2, 0.25) is 0 Å². The van der Waals surface area contributed by atoms with Crippen LogP contribution in [0.3, 0.4) is 0 Å². The summed E-state index contributed by atoms with van der Waals surface area (Å²) in [6.07, 6.45) is 11.4. The fourth-order valence-electron chi connectivity index (χ4n) is 1.50. The van der Waals surface area contributed by atoms with Gasteiger partial charge in [0, 0.05) is 18.9 Å². The third-order valence-corrected chi connectivity index (χ3v) is 2.38. The average Bonchev–Trinajstić information content (AvgIpc) is 2.29. The Bertz CT molecular complexity index is 236. The maximum atomic E-state index is 4.10. The molecule has 0 atom stereocenters. The highest BCUT2D eigenvalue weighted by Gasteiger charge is 1.92. The molecule has 0 saturated carbocycles. The van der Waals surface area contributed by atoms with Crippen molar-refractivity contribution >= 4 is 5.95 Å². The Hall–Kier alpha value is -1.12. The molecule has 0 amide bonds. The van der Waals surface area contributed by atoms with E-state index < -0.39 is 0 Å². The summed E-state index contributed by atoms with van der Waals surface area (Å²) < 4.78 is 0. The Morgan fingerprint density at radius 1 is 1.00 bits per heavy atom. The van der Waals surface area contributed by atoms with Crippen molar-refractivity contribution in [3.8, 4) is 0 Å². The number of anilines is 1. The first-order valence-electron chi connectivity index (χ1n) is 5.94. The average molecular weight is 207 g/mol. The van der Waals surface area contributed by atoms with Crippen molar-refractivity contribution in [2.75, 3.05) is 11.9 Å². The van der Waals surface area contributed by atoms with Gasteiger partial charge < -0.3 is 5.32 Å². The van der Waals surface area contributed by atoms with Gasteiger partial charge >= 0.3 is 0 Å². The molecule has 0 unspecified atom stereocenters. The molecule has 1 N–H and O–H groups in total. The van der Waals surface area contributed by atoms with Crippen molar-refractivity contribution in [1.82, 2.24) is 9.97 Å². The van der Waals surface area contributed by atoms with Crippen LogP contribution < -0.4 is 5.32 Å². The monoisotopic (exact) mass is 207 g/mol. The van der Waals surface area contributed by atoms with Crippen LogP contribution in [0.15, 0.2) is 18.5 Å². The molecule has 1 aromatic rings. The van der Waals surface area contributed by atoms with E-state index in [1.807, 2.05) is 6.07 Å². The molecule has 1 rings (SSSR count). The molecule has 84 valence electrons. The topological polar surface area (TPSA) is 37.8 Å². The number of hydrogen-bond donors (Lipinski definition) is 1. The van der Waals surface area contributed by atoms with Gasteiger partial charge in [-0.3, -0.25) is 0 Å². The van der Waals surface area contributed by atoms with Crippen LogP contribution in [-0.4, -0.2) is 16.5 Å². The van der Waals surface area contributed by atoms with Crippen LogP contribution in [0.4, 0.5) is 5.95 Å². The molecule has 1 aromatic heterocycles. The highest BCUT2D eigenvalue weighted by atomic mass is 15.1. The summed E-state index contributed by atoms with van der Waals surface area (Å²) in [6.45, 7) is 3.23. The van der Waals surface area contributed by atoms with Gasteiger partial charge in [-0.1, -0.05) is 39.0 Å². The van der Waals surface area contributed by atoms with E-state index in [1.165, 1.54) is 38.5 Å². The Kier molecular flexibility index (Phi) is 6.54. The molecule has 0 aliphatic carbocycles. The lowest BCUT2D eigenvalue weighted by molar-refractivity contribution is 0.616. The highest BCUT2D eigenvalue weighted by molar-refractivity contribution is 5.21. The second-order valence-corrected chi connectivity index (χ2v) is 3.77. The van der Waals surface area contributed by atoms with Crippen molar-refractivity contribution < 1.29 is 0 Å². The van der Waals surface area contributed by atoms with Gasteiger partial charge in [0.1, 0.15) is 0 Å². The molecular formula is C12H21N3. The van der Waals surface area contributed by atoms with Crippen LogP contribution in [0, 0.1) is 0 Å². The zero-order valence-electron chi connectivity index (χ0n) is 9.58. The van der Waals surface area contributed by atoms with Gasteiger partial charge in [-0.25, -0.2) is 9.97 Å². The lowest BCUT2D eigenvalue weighted by Gasteiger charge is -2.03. The van der Waals surface area contributed by atoms with Gasteiger partial charge in [0.05, 0.1) is 0 Å². The number of nitrogens with one attached hydrogen (secondary N) is 1. The molecule has 3 nitrogen and oxygen atoms in total. The van der Waals surface area contributed by atoms with E-state index in [0.29, 0.717) is 0 Å². The van der Waals surface area contributed by atoms with E-state index in [-0.39, 0.29) is 0 Å². The molecule has 0 aromatic carbocycles. The van der Waals surface area contributed by atoms with E-state index in [4.69, 9.17) is 0 Å². The van der Waals surface area contributed by atoms with Crippen LogP contribution in [0.25, 0.3) is 0 Å². The van der Waals surface area contributed by atoms with Crippen molar-refractivity contribution in [3.05, 3.63) is 18.5 Å². The second kappa shape index (κ2) is 8.21. The lowest BCUT2D eigenvalue weighted by Crippen LogP contribution is -2.04. The van der Waals surface area contributed by atoms with Crippen LogP contribution in [0.5, 0.6) is 0 Å². The number of unbranched alkanes of at least 4 members (excludes halogenated alkanes) is 5. The van der Waals surface area contributed by atoms with Gasteiger partial charge in [0.2, 0.25) is 5.95 Å². The minimum atomic E-state index is 0.742. The predicted molar refractivity (Wildman–Crippen MR) is 63.9 cm³/mol. The third-order valence-electron chi connectivity index (χ3n) is 2.38. The number of hydrogen-bond acceptors (Lipinski definition) is 3. The minimum absolute atomic E-state index is 0.742. The maximum Gasteiger partial charge on any atom is 0.222 e. The molecule has 15 heavy (non-hydrogen) atoms. The summed E-state index contributed by atoms with van der Waals surface area (Å²) >= 11 is 0. The van der Waals surface area contributed by atoms with Gasteiger partial charge in [-0.2, -0.15) is 0 Å². The van der Waals surface area contributed by atoms with Crippen LogP contribution in [-0.2, 0) is 0 Å².